The number of nitrogens with one attached hydrogen (secondary N) is 1. The maximum absolute atomic E-state index is 13.1. The summed E-state index contributed by atoms with van der Waals surface area (Å²) in [7, 11) is 0. The van der Waals surface area contributed by atoms with Crippen molar-refractivity contribution < 1.29 is 13.6 Å². The van der Waals surface area contributed by atoms with Gasteiger partial charge in [0.2, 0.25) is 5.89 Å². The van der Waals surface area contributed by atoms with Gasteiger partial charge >= 0.3 is 0 Å². The van der Waals surface area contributed by atoms with E-state index in [9.17, 15) is 9.18 Å². The van der Waals surface area contributed by atoms with Crippen LogP contribution in [0.1, 0.15) is 15.9 Å². The van der Waals surface area contributed by atoms with Crippen molar-refractivity contribution in [2.75, 3.05) is 5.32 Å². The van der Waals surface area contributed by atoms with Crippen molar-refractivity contribution in [2.45, 2.75) is 6.92 Å². The van der Waals surface area contributed by atoms with E-state index in [-0.39, 0.29) is 11.7 Å². The summed E-state index contributed by atoms with van der Waals surface area (Å²) in [6.07, 6.45) is 0. The first-order chi connectivity index (χ1) is 13.0. The highest BCUT2D eigenvalue weighted by molar-refractivity contribution is 6.31. The molecule has 0 atom stereocenters. The van der Waals surface area contributed by atoms with Crippen LogP contribution >= 0.6 is 11.6 Å². The lowest BCUT2D eigenvalue weighted by atomic mass is 10.1. The quantitative estimate of drug-likeness (QED) is 0.485. The van der Waals surface area contributed by atoms with Crippen molar-refractivity contribution in [3.05, 3.63) is 82.6 Å². The number of aromatic nitrogens is 1. The molecule has 1 aromatic heterocycles. The number of carbonyl (C=O) groups excluding carboxylic acids is 1. The molecule has 0 unspecified atom stereocenters. The molecular weight excluding hydrogens is 367 g/mol. The highest BCUT2D eigenvalue weighted by atomic mass is 35.5. The fraction of sp³-hybridized carbons (Fsp3) is 0.0476. The second-order valence-corrected chi connectivity index (χ2v) is 6.53. The Morgan fingerprint density at radius 3 is 2.59 bits per heavy atom. The van der Waals surface area contributed by atoms with Crippen LogP contribution in [0, 0.1) is 12.7 Å². The Kier molecular flexibility index (Phi) is 4.38. The standard InChI is InChI=1S/C21H14ClFN2O2/c1-12-2-3-14(10-17(12)22)20(26)24-16-8-9-19-18(11-16)25-21(27-19)13-4-6-15(23)7-5-13/h2-11H,1H3,(H,24,26). The van der Waals surface area contributed by atoms with E-state index in [1.54, 1.807) is 48.5 Å². The second-order valence-electron chi connectivity index (χ2n) is 6.13. The number of carbonyl (C=O) groups is 1. The number of fused-ring (bicyclic) bond motifs is 1. The zero-order valence-corrected chi connectivity index (χ0v) is 15.0. The summed E-state index contributed by atoms with van der Waals surface area (Å²) in [5, 5.41) is 3.37. The fourth-order valence-electron chi connectivity index (χ4n) is 2.66. The number of oxazole rings is 1. The minimum Gasteiger partial charge on any atom is -0.436 e. The molecule has 4 nitrogen and oxygen atoms in total. The van der Waals surface area contributed by atoms with Crippen LogP contribution in [0.25, 0.3) is 22.6 Å². The zero-order valence-electron chi connectivity index (χ0n) is 14.3. The normalized spacial score (nSPS) is 10.9. The van der Waals surface area contributed by atoms with Crippen LogP contribution in [0.5, 0.6) is 0 Å². The predicted molar refractivity (Wildman–Crippen MR) is 104 cm³/mol. The molecule has 1 heterocycles. The van der Waals surface area contributed by atoms with Gasteiger partial charge in [0.15, 0.2) is 5.58 Å². The van der Waals surface area contributed by atoms with Crippen LogP contribution in [-0.4, -0.2) is 10.9 Å². The Morgan fingerprint density at radius 2 is 1.85 bits per heavy atom. The van der Waals surface area contributed by atoms with Gasteiger partial charge in [0.05, 0.1) is 0 Å². The molecule has 4 rings (SSSR count). The van der Waals surface area contributed by atoms with Gasteiger partial charge in [-0.05, 0) is 67.1 Å². The molecule has 0 saturated carbocycles. The molecule has 1 N–H and O–H groups in total. The summed E-state index contributed by atoms with van der Waals surface area (Å²) >= 11 is 6.08. The number of rotatable bonds is 3. The van der Waals surface area contributed by atoms with Crippen molar-refractivity contribution >= 4 is 34.3 Å². The molecule has 0 saturated heterocycles. The van der Waals surface area contributed by atoms with Crippen LogP contribution < -0.4 is 5.32 Å². The topological polar surface area (TPSA) is 55.1 Å². The first-order valence-corrected chi connectivity index (χ1v) is 8.61. The summed E-state index contributed by atoms with van der Waals surface area (Å²) < 4.78 is 18.8. The number of benzene rings is 3. The van der Waals surface area contributed by atoms with Gasteiger partial charge in [0.1, 0.15) is 11.3 Å². The molecule has 0 spiro atoms. The summed E-state index contributed by atoms with van der Waals surface area (Å²) in [6, 6.07) is 16.2. The Bertz CT molecular complexity index is 1150. The Labute approximate surface area is 159 Å². The van der Waals surface area contributed by atoms with Gasteiger partial charge in [-0.25, -0.2) is 9.37 Å². The lowest BCUT2D eigenvalue weighted by Crippen LogP contribution is -2.11. The van der Waals surface area contributed by atoms with Crippen LogP contribution in [0.2, 0.25) is 5.02 Å². The van der Waals surface area contributed by atoms with Gasteiger partial charge < -0.3 is 9.73 Å². The van der Waals surface area contributed by atoms with Crippen LogP contribution in [0.15, 0.2) is 65.1 Å². The van der Waals surface area contributed by atoms with Gasteiger partial charge in [0, 0.05) is 21.8 Å². The molecule has 6 heteroatoms. The molecule has 3 aromatic carbocycles. The lowest BCUT2D eigenvalue weighted by Gasteiger charge is -2.06. The Balaban J connectivity index is 1.60. The van der Waals surface area contributed by atoms with Crippen molar-refractivity contribution in [3.8, 4) is 11.5 Å². The van der Waals surface area contributed by atoms with E-state index < -0.39 is 0 Å². The number of anilines is 1. The monoisotopic (exact) mass is 380 g/mol. The molecule has 0 bridgehead atoms. The Morgan fingerprint density at radius 1 is 1.07 bits per heavy atom. The van der Waals surface area contributed by atoms with Gasteiger partial charge in [-0.3, -0.25) is 4.79 Å². The molecule has 1 amide bonds. The average Bonchev–Trinajstić information content (AvgIpc) is 3.07. The molecule has 134 valence electrons. The van der Waals surface area contributed by atoms with Gasteiger partial charge in [-0.2, -0.15) is 0 Å². The molecule has 4 aromatic rings. The van der Waals surface area contributed by atoms with Gasteiger partial charge in [0.25, 0.3) is 5.91 Å². The highest BCUT2D eigenvalue weighted by Crippen LogP contribution is 2.27. The van der Waals surface area contributed by atoms with E-state index in [0.29, 0.717) is 38.8 Å². The maximum Gasteiger partial charge on any atom is 0.255 e. The molecule has 0 aliphatic carbocycles. The van der Waals surface area contributed by atoms with E-state index in [1.165, 1.54) is 12.1 Å². The van der Waals surface area contributed by atoms with E-state index >= 15 is 0 Å². The van der Waals surface area contributed by atoms with Crippen molar-refractivity contribution in [1.29, 1.82) is 0 Å². The molecule has 0 radical (unpaired) electrons. The van der Waals surface area contributed by atoms with Crippen molar-refractivity contribution in [3.63, 3.8) is 0 Å². The van der Waals surface area contributed by atoms with Gasteiger partial charge in [-0.15, -0.1) is 0 Å². The minimum absolute atomic E-state index is 0.265. The third-order valence-corrected chi connectivity index (χ3v) is 4.58. The summed E-state index contributed by atoms with van der Waals surface area (Å²) in [5.74, 6) is -0.201. The van der Waals surface area contributed by atoms with E-state index in [4.69, 9.17) is 16.0 Å². The number of aryl methyl sites for hydroxylation is 1. The van der Waals surface area contributed by atoms with Gasteiger partial charge in [-0.1, -0.05) is 17.7 Å². The van der Waals surface area contributed by atoms with Crippen molar-refractivity contribution in [1.82, 2.24) is 4.98 Å². The summed E-state index contributed by atoms with van der Waals surface area (Å²) in [6.45, 7) is 1.88. The molecule has 27 heavy (non-hydrogen) atoms. The number of hydrogen-bond acceptors (Lipinski definition) is 3. The highest BCUT2D eigenvalue weighted by Gasteiger charge is 2.12. The smallest absolute Gasteiger partial charge is 0.255 e. The SMILES string of the molecule is Cc1ccc(C(=O)Nc2ccc3oc(-c4ccc(F)cc4)nc3c2)cc1Cl. The van der Waals surface area contributed by atoms with Crippen LogP contribution in [0.4, 0.5) is 10.1 Å². The third-order valence-electron chi connectivity index (χ3n) is 4.17. The Hall–Kier alpha value is -3.18. The van der Waals surface area contributed by atoms with E-state index in [1.807, 2.05) is 6.92 Å². The predicted octanol–water partition coefficient (Wildman–Crippen LogP) is 5.85. The van der Waals surface area contributed by atoms with Crippen molar-refractivity contribution in [2.24, 2.45) is 0 Å². The number of hydrogen-bond donors (Lipinski definition) is 1. The second kappa shape index (κ2) is 6.85. The van der Waals surface area contributed by atoms with Crippen LogP contribution in [0.3, 0.4) is 0 Å². The fourth-order valence-corrected chi connectivity index (χ4v) is 2.84. The lowest BCUT2D eigenvalue weighted by molar-refractivity contribution is 0.102. The first kappa shape index (κ1) is 17.2. The summed E-state index contributed by atoms with van der Waals surface area (Å²) in [4.78, 5) is 16.8. The molecule has 0 aliphatic heterocycles. The minimum atomic E-state index is -0.323. The van der Waals surface area contributed by atoms with Crippen LogP contribution in [-0.2, 0) is 0 Å². The maximum atomic E-state index is 13.1. The zero-order chi connectivity index (χ0) is 19.0. The molecule has 0 aliphatic rings. The first-order valence-electron chi connectivity index (χ1n) is 8.23. The van der Waals surface area contributed by atoms with E-state index in [0.717, 1.165) is 5.56 Å². The average molecular weight is 381 g/mol. The molecule has 0 fully saturated rings. The summed E-state index contributed by atoms with van der Waals surface area (Å²) in [5.41, 5.74) is 3.80. The number of halogens is 2. The van der Waals surface area contributed by atoms with E-state index in [2.05, 4.69) is 10.3 Å². The third kappa shape index (κ3) is 3.55. The number of amides is 1. The number of nitrogens with zero attached hydrogens (tertiary/aromatic N) is 1. The molecular formula is C21H14ClFN2O2. The largest absolute Gasteiger partial charge is 0.436 e.